The fraction of sp³-hybridized carbons (Fsp3) is 0.550. The van der Waals surface area contributed by atoms with Crippen molar-refractivity contribution in [3.8, 4) is 0 Å². The Bertz CT molecular complexity index is 578. The van der Waals surface area contributed by atoms with Crippen LogP contribution in [-0.2, 0) is 25.5 Å². The average Bonchev–Trinajstić information content (AvgIpc) is 2.93. The number of carbonyl (C=O) groups excluding carboxylic acids is 3. The highest BCUT2D eigenvalue weighted by Crippen LogP contribution is 2.17. The van der Waals surface area contributed by atoms with E-state index < -0.39 is 11.9 Å². The Hall–Kier alpha value is -1.49. The summed E-state index contributed by atoms with van der Waals surface area (Å²) >= 11 is 3.44. The highest BCUT2D eigenvalue weighted by Gasteiger charge is 2.40. The molecule has 25 heavy (non-hydrogen) atoms. The Kier molecular flexibility index (Phi) is 8.32. The summed E-state index contributed by atoms with van der Waals surface area (Å²) in [7, 11) is 0. The van der Waals surface area contributed by atoms with Crippen molar-refractivity contribution in [2.75, 3.05) is 6.61 Å². The first-order valence-corrected chi connectivity index (χ1v) is 9.84. The van der Waals surface area contributed by atoms with Gasteiger partial charge in [0, 0.05) is 10.9 Å². The molecule has 0 bridgehead atoms. The van der Waals surface area contributed by atoms with Crippen molar-refractivity contribution in [3.63, 3.8) is 0 Å². The molecule has 0 aromatic heterocycles. The molecule has 0 N–H and O–H groups in total. The molecule has 0 aliphatic carbocycles. The Balaban J connectivity index is 1.45. The Morgan fingerprint density at radius 2 is 1.56 bits per heavy atom. The molecule has 0 spiro atoms. The van der Waals surface area contributed by atoms with E-state index in [0.29, 0.717) is 6.42 Å². The number of ketones is 2. The average molecular weight is 409 g/mol. The molecule has 1 aromatic carbocycles. The van der Waals surface area contributed by atoms with Gasteiger partial charge in [-0.05, 0) is 37.0 Å². The van der Waals surface area contributed by atoms with Gasteiger partial charge in [-0.3, -0.25) is 14.4 Å². The Morgan fingerprint density at radius 1 is 0.960 bits per heavy atom. The Morgan fingerprint density at radius 3 is 2.16 bits per heavy atom. The molecule has 0 radical (unpaired) electrons. The maximum atomic E-state index is 11.9. The van der Waals surface area contributed by atoms with Gasteiger partial charge in [0.25, 0.3) is 0 Å². The standard InChI is InChI=1S/C20H25BrO4/c21-16-12-10-15(11-13-16)8-6-4-2-1-3-5-7-9-17(22)19-18(23)14-25-20(19)24/h10-13,19H,1-9,14H2. The van der Waals surface area contributed by atoms with Crippen LogP contribution in [-0.4, -0.2) is 24.1 Å². The van der Waals surface area contributed by atoms with Gasteiger partial charge >= 0.3 is 5.97 Å². The molecule has 5 heteroatoms. The van der Waals surface area contributed by atoms with E-state index in [0.717, 1.165) is 30.2 Å². The van der Waals surface area contributed by atoms with Gasteiger partial charge in [-0.25, -0.2) is 0 Å². The lowest BCUT2D eigenvalue weighted by Crippen LogP contribution is -2.25. The topological polar surface area (TPSA) is 60.4 Å². The van der Waals surface area contributed by atoms with Crippen LogP contribution in [0, 0.1) is 5.92 Å². The first kappa shape index (κ1) is 19.8. The van der Waals surface area contributed by atoms with Crippen LogP contribution in [0.15, 0.2) is 28.7 Å². The normalized spacial score (nSPS) is 16.9. The van der Waals surface area contributed by atoms with Crippen LogP contribution in [0.3, 0.4) is 0 Å². The second kappa shape index (κ2) is 10.5. The fourth-order valence-electron chi connectivity index (χ4n) is 3.06. The minimum atomic E-state index is -1.14. The van der Waals surface area contributed by atoms with Crippen molar-refractivity contribution in [3.05, 3.63) is 34.3 Å². The molecule has 4 nitrogen and oxygen atoms in total. The maximum Gasteiger partial charge on any atom is 0.324 e. The van der Waals surface area contributed by atoms with Gasteiger partial charge in [-0.15, -0.1) is 0 Å². The number of ether oxygens (including phenoxy) is 1. The molecule has 1 aliphatic heterocycles. The summed E-state index contributed by atoms with van der Waals surface area (Å²) in [4.78, 5) is 34.6. The monoisotopic (exact) mass is 408 g/mol. The fourth-order valence-corrected chi connectivity index (χ4v) is 3.32. The van der Waals surface area contributed by atoms with Gasteiger partial charge in [0.05, 0.1) is 0 Å². The number of hydrogen-bond acceptors (Lipinski definition) is 4. The van der Waals surface area contributed by atoms with E-state index >= 15 is 0 Å². The molecule has 2 rings (SSSR count). The maximum absolute atomic E-state index is 11.9. The van der Waals surface area contributed by atoms with Crippen molar-refractivity contribution in [1.82, 2.24) is 0 Å². The zero-order chi connectivity index (χ0) is 18.1. The predicted molar refractivity (Wildman–Crippen MR) is 99.2 cm³/mol. The first-order valence-electron chi connectivity index (χ1n) is 9.04. The second-order valence-corrected chi connectivity index (χ2v) is 7.49. The number of aryl methyl sites for hydroxylation is 1. The molecule has 1 atom stereocenters. The van der Waals surface area contributed by atoms with E-state index in [2.05, 4.69) is 44.9 Å². The van der Waals surface area contributed by atoms with Crippen molar-refractivity contribution in [2.45, 2.75) is 57.8 Å². The molecule has 1 heterocycles. The van der Waals surface area contributed by atoms with Crippen LogP contribution in [0.4, 0.5) is 0 Å². The summed E-state index contributed by atoms with van der Waals surface area (Å²) in [5.41, 5.74) is 1.38. The lowest BCUT2D eigenvalue weighted by atomic mass is 9.96. The zero-order valence-electron chi connectivity index (χ0n) is 14.5. The minimum Gasteiger partial charge on any atom is -0.457 e. The van der Waals surface area contributed by atoms with Crippen molar-refractivity contribution in [2.24, 2.45) is 5.92 Å². The van der Waals surface area contributed by atoms with Crippen LogP contribution in [0.1, 0.15) is 56.9 Å². The highest BCUT2D eigenvalue weighted by atomic mass is 79.9. The molecule has 1 fully saturated rings. The number of rotatable bonds is 11. The summed E-state index contributed by atoms with van der Waals surface area (Å²) in [6.07, 6.45) is 9.01. The van der Waals surface area contributed by atoms with Gasteiger partial charge in [-0.2, -0.15) is 0 Å². The van der Waals surface area contributed by atoms with Gasteiger partial charge in [0.2, 0.25) is 0 Å². The quantitative estimate of drug-likeness (QED) is 0.308. The predicted octanol–water partition coefficient (Wildman–Crippen LogP) is 4.42. The number of halogens is 1. The number of esters is 1. The Labute approximate surface area is 157 Å². The lowest BCUT2D eigenvalue weighted by molar-refractivity contribution is -0.144. The molecule has 1 unspecified atom stereocenters. The van der Waals surface area contributed by atoms with E-state index in [4.69, 9.17) is 0 Å². The molecule has 1 aliphatic rings. The van der Waals surface area contributed by atoms with Gasteiger partial charge in [0.15, 0.2) is 24.1 Å². The van der Waals surface area contributed by atoms with Crippen molar-refractivity contribution < 1.29 is 19.1 Å². The number of cyclic esters (lactones) is 1. The lowest BCUT2D eigenvalue weighted by Gasteiger charge is -2.05. The van der Waals surface area contributed by atoms with Gasteiger partial charge < -0.3 is 4.74 Å². The molecule has 136 valence electrons. The molecule has 1 aromatic rings. The molecule has 1 saturated heterocycles. The third kappa shape index (κ3) is 6.73. The van der Waals surface area contributed by atoms with E-state index in [1.54, 1.807) is 0 Å². The van der Waals surface area contributed by atoms with E-state index in [-0.39, 0.29) is 18.2 Å². The number of Topliss-reactive ketones (excluding diaryl/α,β-unsaturated/α-hetero) is 2. The summed E-state index contributed by atoms with van der Waals surface area (Å²) in [6.45, 7) is -0.241. The SMILES string of the molecule is O=C(CCCCCCCCCc1ccc(Br)cc1)C1C(=O)COC1=O. The largest absolute Gasteiger partial charge is 0.457 e. The van der Waals surface area contributed by atoms with Crippen LogP contribution in [0.5, 0.6) is 0 Å². The van der Waals surface area contributed by atoms with Crippen molar-refractivity contribution in [1.29, 1.82) is 0 Å². The molecule has 0 amide bonds. The smallest absolute Gasteiger partial charge is 0.324 e. The third-order valence-electron chi connectivity index (χ3n) is 4.54. The van der Waals surface area contributed by atoms with Gasteiger partial charge in [-0.1, -0.05) is 60.2 Å². The minimum absolute atomic E-state index is 0.241. The summed E-state index contributed by atoms with van der Waals surface area (Å²) in [5.74, 6) is -2.47. The first-order chi connectivity index (χ1) is 12.1. The number of carbonyl (C=O) groups is 3. The summed E-state index contributed by atoms with van der Waals surface area (Å²) < 4.78 is 5.72. The zero-order valence-corrected chi connectivity index (χ0v) is 16.1. The van der Waals surface area contributed by atoms with E-state index in [1.165, 1.54) is 31.2 Å². The van der Waals surface area contributed by atoms with E-state index in [1.807, 2.05) is 0 Å². The number of benzene rings is 1. The molecule has 0 saturated carbocycles. The number of unbranched alkanes of at least 4 members (excludes halogenated alkanes) is 6. The third-order valence-corrected chi connectivity index (χ3v) is 5.07. The second-order valence-electron chi connectivity index (χ2n) is 6.57. The van der Waals surface area contributed by atoms with Crippen LogP contribution in [0.2, 0.25) is 0 Å². The molecular formula is C20H25BrO4. The van der Waals surface area contributed by atoms with Crippen LogP contribution in [0.25, 0.3) is 0 Å². The van der Waals surface area contributed by atoms with Gasteiger partial charge in [0.1, 0.15) is 0 Å². The highest BCUT2D eigenvalue weighted by molar-refractivity contribution is 9.10. The summed E-state index contributed by atoms with van der Waals surface area (Å²) in [5, 5.41) is 0. The van der Waals surface area contributed by atoms with E-state index in [9.17, 15) is 14.4 Å². The van der Waals surface area contributed by atoms with Crippen LogP contribution >= 0.6 is 15.9 Å². The van der Waals surface area contributed by atoms with Crippen molar-refractivity contribution >= 4 is 33.5 Å². The number of hydrogen-bond donors (Lipinski definition) is 0. The van der Waals surface area contributed by atoms with Crippen LogP contribution < -0.4 is 0 Å². The molecular weight excluding hydrogens is 384 g/mol. The summed E-state index contributed by atoms with van der Waals surface area (Å²) in [6, 6.07) is 8.48.